The first-order valence-electron chi connectivity index (χ1n) is 6.99. The van der Waals surface area contributed by atoms with Crippen LogP contribution in [0.25, 0.3) is 10.9 Å². The molecule has 2 aromatic carbocycles. The highest BCUT2D eigenvalue weighted by Crippen LogP contribution is 2.22. The Kier molecular flexibility index (Phi) is 3.80. The fourth-order valence-electron chi connectivity index (χ4n) is 2.50. The van der Waals surface area contributed by atoms with Gasteiger partial charge in [-0.15, -0.1) is 0 Å². The van der Waals surface area contributed by atoms with Crippen molar-refractivity contribution in [1.82, 2.24) is 4.57 Å². The predicted octanol–water partition coefficient (Wildman–Crippen LogP) is 3.38. The fourth-order valence-corrected chi connectivity index (χ4v) is 2.50. The van der Waals surface area contributed by atoms with Crippen molar-refractivity contribution < 1.29 is 14.5 Å². The van der Waals surface area contributed by atoms with Crippen molar-refractivity contribution in [3.8, 4) is 0 Å². The molecule has 0 atom stereocenters. The van der Waals surface area contributed by atoms with Gasteiger partial charge >= 0.3 is 5.97 Å². The molecule has 3 rings (SSSR count). The van der Waals surface area contributed by atoms with Gasteiger partial charge in [-0.1, -0.05) is 12.1 Å². The molecule has 0 unspecified atom stereocenters. The van der Waals surface area contributed by atoms with Crippen LogP contribution in [-0.2, 0) is 11.3 Å². The van der Waals surface area contributed by atoms with Crippen LogP contribution in [0.5, 0.6) is 0 Å². The lowest BCUT2D eigenvalue weighted by molar-refractivity contribution is -0.384. The summed E-state index contributed by atoms with van der Waals surface area (Å²) in [4.78, 5) is 21.8. The number of non-ortho nitro benzene ring substituents is 1. The minimum Gasteiger partial charge on any atom is -0.465 e. The first-order chi connectivity index (χ1) is 11.1. The molecular formula is C17H14N2O4. The van der Waals surface area contributed by atoms with E-state index in [4.69, 9.17) is 0 Å². The van der Waals surface area contributed by atoms with Crippen molar-refractivity contribution >= 4 is 22.6 Å². The second-order valence-electron chi connectivity index (χ2n) is 5.13. The molecule has 6 nitrogen and oxygen atoms in total. The number of aromatic nitrogens is 1. The summed E-state index contributed by atoms with van der Waals surface area (Å²) in [6.45, 7) is 0.614. The van der Waals surface area contributed by atoms with Crippen molar-refractivity contribution in [1.29, 1.82) is 0 Å². The Bertz CT molecular complexity index is 881. The largest absolute Gasteiger partial charge is 0.465 e. The molecule has 0 saturated carbocycles. The number of nitrogens with zero attached hydrogens (tertiary/aromatic N) is 2. The molecule has 0 bridgehead atoms. The highest BCUT2D eigenvalue weighted by atomic mass is 16.6. The number of hydrogen-bond acceptors (Lipinski definition) is 4. The van der Waals surface area contributed by atoms with E-state index in [1.807, 2.05) is 29.0 Å². The van der Waals surface area contributed by atoms with Gasteiger partial charge < -0.3 is 9.30 Å². The number of rotatable bonds is 4. The Labute approximate surface area is 132 Å². The Morgan fingerprint density at radius 3 is 2.57 bits per heavy atom. The Morgan fingerprint density at radius 2 is 1.91 bits per heavy atom. The summed E-state index contributed by atoms with van der Waals surface area (Å²) in [6, 6.07) is 13.8. The molecule has 0 radical (unpaired) electrons. The van der Waals surface area contributed by atoms with Crippen LogP contribution in [0.4, 0.5) is 5.69 Å². The number of nitro benzene ring substituents is 1. The van der Waals surface area contributed by atoms with Gasteiger partial charge in [0.05, 0.1) is 17.6 Å². The molecular weight excluding hydrogens is 296 g/mol. The van der Waals surface area contributed by atoms with Gasteiger partial charge in [-0.25, -0.2) is 4.79 Å². The molecule has 1 aromatic heterocycles. The fraction of sp³-hybridized carbons (Fsp3) is 0.118. The number of carbonyl (C=O) groups is 1. The molecule has 6 heteroatoms. The molecule has 0 spiro atoms. The van der Waals surface area contributed by atoms with Crippen LogP contribution in [0.2, 0.25) is 0 Å². The van der Waals surface area contributed by atoms with Crippen molar-refractivity contribution in [3.63, 3.8) is 0 Å². The molecule has 116 valence electrons. The molecule has 0 aliphatic carbocycles. The zero-order valence-electron chi connectivity index (χ0n) is 12.4. The average Bonchev–Trinajstić information content (AvgIpc) is 2.97. The molecule has 3 aromatic rings. The van der Waals surface area contributed by atoms with Crippen LogP contribution < -0.4 is 0 Å². The van der Waals surface area contributed by atoms with E-state index in [-0.39, 0.29) is 11.7 Å². The van der Waals surface area contributed by atoms with Gasteiger partial charge in [-0.05, 0) is 29.8 Å². The topological polar surface area (TPSA) is 74.4 Å². The minimum atomic E-state index is -0.400. The highest BCUT2D eigenvalue weighted by molar-refractivity contribution is 5.89. The Morgan fingerprint density at radius 1 is 1.17 bits per heavy atom. The quantitative estimate of drug-likeness (QED) is 0.420. The number of carbonyl (C=O) groups excluding carboxylic acids is 1. The van der Waals surface area contributed by atoms with E-state index in [0.717, 1.165) is 16.5 Å². The number of benzene rings is 2. The van der Waals surface area contributed by atoms with Crippen molar-refractivity contribution in [3.05, 3.63) is 76.0 Å². The Balaban J connectivity index is 1.87. The molecule has 0 aliphatic heterocycles. The number of ether oxygens (including phenoxy) is 1. The van der Waals surface area contributed by atoms with E-state index in [1.165, 1.54) is 13.2 Å². The van der Waals surface area contributed by atoms with Gasteiger partial charge in [0.2, 0.25) is 0 Å². The Hall–Kier alpha value is -3.15. The first kappa shape index (κ1) is 14.8. The van der Waals surface area contributed by atoms with Crippen LogP contribution in [-0.4, -0.2) is 22.6 Å². The molecule has 0 amide bonds. The zero-order chi connectivity index (χ0) is 16.4. The lowest BCUT2D eigenvalue weighted by Crippen LogP contribution is -2.02. The number of nitro groups is 1. The van der Waals surface area contributed by atoms with Gasteiger partial charge in [0, 0.05) is 35.8 Å². The van der Waals surface area contributed by atoms with Crippen LogP contribution in [0, 0.1) is 10.1 Å². The van der Waals surface area contributed by atoms with Crippen LogP contribution >= 0.6 is 0 Å². The summed E-state index contributed by atoms with van der Waals surface area (Å²) in [5.74, 6) is -0.365. The summed E-state index contributed by atoms with van der Waals surface area (Å²) >= 11 is 0. The smallest absolute Gasteiger partial charge is 0.337 e. The van der Waals surface area contributed by atoms with Crippen molar-refractivity contribution in [2.24, 2.45) is 0 Å². The van der Waals surface area contributed by atoms with Gasteiger partial charge in [0.1, 0.15) is 0 Å². The molecule has 23 heavy (non-hydrogen) atoms. The van der Waals surface area contributed by atoms with E-state index in [2.05, 4.69) is 4.74 Å². The molecule has 1 heterocycles. The van der Waals surface area contributed by atoms with Gasteiger partial charge in [0.15, 0.2) is 0 Å². The van der Waals surface area contributed by atoms with Crippen LogP contribution in [0.1, 0.15) is 15.9 Å². The minimum absolute atomic E-state index is 0.0812. The highest BCUT2D eigenvalue weighted by Gasteiger charge is 2.09. The normalized spacial score (nSPS) is 10.7. The maximum atomic E-state index is 11.4. The number of hydrogen-bond donors (Lipinski definition) is 0. The van der Waals surface area contributed by atoms with E-state index in [9.17, 15) is 14.9 Å². The van der Waals surface area contributed by atoms with Gasteiger partial charge in [0.25, 0.3) is 5.69 Å². The third-order valence-corrected chi connectivity index (χ3v) is 3.69. The number of methoxy groups -OCH3 is 1. The maximum Gasteiger partial charge on any atom is 0.337 e. The summed E-state index contributed by atoms with van der Waals surface area (Å²) in [6.07, 6.45) is 1.89. The zero-order valence-corrected chi connectivity index (χ0v) is 12.4. The molecule has 0 saturated heterocycles. The third kappa shape index (κ3) is 2.91. The standard InChI is InChI=1S/C17H14N2O4/c1-23-17(20)13-4-2-12(3-5-13)11-18-9-8-14-10-15(19(21)22)6-7-16(14)18/h2-10H,11H2,1H3. The second kappa shape index (κ2) is 5.92. The van der Waals surface area contributed by atoms with Crippen LogP contribution in [0.3, 0.4) is 0 Å². The lowest BCUT2D eigenvalue weighted by atomic mass is 10.1. The average molecular weight is 310 g/mol. The lowest BCUT2D eigenvalue weighted by Gasteiger charge is -2.06. The maximum absolute atomic E-state index is 11.4. The third-order valence-electron chi connectivity index (χ3n) is 3.69. The summed E-state index contributed by atoms with van der Waals surface area (Å²) in [5.41, 5.74) is 2.53. The number of fused-ring (bicyclic) bond motifs is 1. The van der Waals surface area contributed by atoms with Crippen LogP contribution in [0.15, 0.2) is 54.7 Å². The van der Waals surface area contributed by atoms with Crippen molar-refractivity contribution in [2.75, 3.05) is 7.11 Å². The summed E-state index contributed by atoms with van der Waals surface area (Å²) in [5, 5.41) is 11.6. The second-order valence-corrected chi connectivity index (χ2v) is 5.13. The van der Waals surface area contributed by atoms with Gasteiger partial charge in [-0.3, -0.25) is 10.1 Å². The summed E-state index contributed by atoms with van der Waals surface area (Å²) in [7, 11) is 1.35. The molecule has 0 fully saturated rings. The van der Waals surface area contributed by atoms with E-state index >= 15 is 0 Å². The first-order valence-corrected chi connectivity index (χ1v) is 6.99. The van der Waals surface area contributed by atoms with E-state index in [1.54, 1.807) is 24.3 Å². The number of esters is 1. The summed E-state index contributed by atoms with van der Waals surface area (Å²) < 4.78 is 6.68. The SMILES string of the molecule is COC(=O)c1ccc(Cn2ccc3cc([N+](=O)[O-])ccc32)cc1. The monoisotopic (exact) mass is 310 g/mol. The predicted molar refractivity (Wildman–Crippen MR) is 85.5 cm³/mol. The van der Waals surface area contributed by atoms with Gasteiger partial charge in [-0.2, -0.15) is 0 Å². The van der Waals surface area contributed by atoms with Crippen molar-refractivity contribution in [2.45, 2.75) is 6.54 Å². The van der Waals surface area contributed by atoms with E-state index < -0.39 is 4.92 Å². The molecule has 0 aliphatic rings. The molecule has 0 N–H and O–H groups in total. The van der Waals surface area contributed by atoms with E-state index in [0.29, 0.717) is 12.1 Å².